The molecule has 14 heteroatoms. The average molecular weight is 472 g/mol. The van der Waals surface area contributed by atoms with Gasteiger partial charge in [0.15, 0.2) is 11.4 Å². The molecule has 178 valence electrons. The predicted molar refractivity (Wildman–Crippen MR) is 110 cm³/mol. The van der Waals surface area contributed by atoms with E-state index in [0.717, 1.165) is 14.2 Å². The van der Waals surface area contributed by atoms with Gasteiger partial charge in [-0.15, -0.1) is 10.2 Å². The highest BCUT2D eigenvalue weighted by Gasteiger charge is 2.28. The maximum absolute atomic E-state index is 12.2. The highest BCUT2D eigenvalue weighted by molar-refractivity contribution is 6.01. The molecular weight excluding hydrogens is 452 g/mol. The number of hydrogen-bond acceptors (Lipinski definition) is 12. The molecule has 0 bridgehead atoms. The van der Waals surface area contributed by atoms with Crippen LogP contribution in [0.2, 0.25) is 0 Å². The Hall–Kier alpha value is -4.62. The highest BCUT2D eigenvalue weighted by atomic mass is 16.5. The van der Waals surface area contributed by atoms with Crippen LogP contribution in [0.15, 0.2) is 24.3 Å². The Morgan fingerprint density at radius 2 is 1.06 bits per heavy atom. The van der Waals surface area contributed by atoms with Gasteiger partial charge in [0.1, 0.15) is 0 Å². The SMILES string of the molecule is COC(=O)c1nnn(Cc2cccc(Cn3nnc(C(=O)OC)c3C(=O)OC)c2)c1C(=O)OC. The van der Waals surface area contributed by atoms with Gasteiger partial charge in [-0.05, 0) is 11.1 Å². The average Bonchev–Trinajstić information content (AvgIpc) is 3.46. The first kappa shape index (κ1) is 24.0. The first-order valence-corrected chi connectivity index (χ1v) is 9.62. The fourth-order valence-corrected chi connectivity index (χ4v) is 3.09. The summed E-state index contributed by atoms with van der Waals surface area (Å²) in [5.74, 6) is -3.27. The van der Waals surface area contributed by atoms with Crippen molar-refractivity contribution in [3.05, 3.63) is 58.2 Å². The van der Waals surface area contributed by atoms with Gasteiger partial charge in [-0.1, -0.05) is 34.7 Å². The molecule has 2 aromatic heterocycles. The molecular formula is C20H20N6O8. The third kappa shape index (κ3) is 4.74. The second-order valence-electron chi connectivity index (χ2n) is 6.67. The van der Waals surface area contributed by atoms with Crippen molar-refractivity contribution in [1.82, 2.24) is 30.0 Å². The summed E-state index contributed by atoms with van der Waals surface area (Å²) in [5, 5.41) is 15.2. The smallest absolute Gasteiger partial charge is 0.361 e. The molecule has 3 rings (SSSR count). The Morgan fingerprint density at radius 3 is 1.41 bits per heavy atom. The van der Waals surface area contributed by atoms with E-state index in [0.29, 0.717) is 11.1 Å². The first-order chi connectivity index (χ1) is 16.3. The van der Waals surface area contributed by atoms with E-state index in [4.69, 9.17) is 9.47 Å². The lowest BCUT2D eigenvalue weighted by atomic mass is 10.1. The molecule has 0 saturated heterocycles. The van der Waals surface area contributed by atoms with Crippen LogP contribution in [-0.4, -0.2) is 82.3 Å². The summed E-state index contributed by atoms with van der Waals surface area (Å²) in [6.45, 7) is 0.133. The largest absolute Gasteiger partial charge is 0.464 e. The zero-order valence-electron chi connectivity index (χ0n) is 18.7. The lowest BCUT2D eigenvalue weighted by Crippen LogP contribution is -2.18. The number of aromatic nitrogens is 6. The van der Waals surface area contributed by atoms with Crippen molar-refractivity contribution >= 4 is 23.9 Å². The van der Waals surface area contributed by atoms with Crippen LogP contribution >= 0.6 is 0 Å². The minimum atomic E-state index is -0.830. The fourth-order valence-electron chi connectivity index (χ4n) is 3.09. The molecule has 0 unspecified atom stereocenters. The Kier molecular flexibility index (Phi) is 7.30. The van der Waals surface area contributed by atoms with E-state index >= 15 is 0 Å². The third-order valence-corrected chi connectivity index (χ3v) is 4.64. The fraction of sp³-hybridized carbons (Fsp3) is 0.300. The highest BCUT2D eigenvalue weighted by Crippen LogP contribution is 2.15. The molecule has 0 radical (unpaired) electrons. The lowest BCUT2D eigenvalue weighted by molar-refractivity contribution is 0.0544. The van der Waals surface area contributed by atoms with Gasteiger partial charge in [-0.3, -0.25) is 0 Å². The van der Waals surface area contributed by atoms with Gasteiger partial charge in [0.05, 0.1) is 41.5 Å². The first-order valence-electron chi connectivity index (χ1n) is 9.62. The van der Waals surface area contributed by atoms with Crippen molar-refractivity contribution in [1.29, 1.82) is 0 Å². The van der Waals surface area contributed by atoms with Crippen LogP contribution in [0.1, 0.15) is 53.1 Å². The third-order valence-electron chi connectivity index (χ3n) is 4.64. The molecule has 0 saturated carbocycles. The van der Waals surface area contributed by atoms with Crippen molar-refractivity contribution in [2.75, 3.05) is 28.4 Å². The van der Waals surface area contributed by atoms with E-state index in [1.807, 2.05) is 0 Å². The molecule has 0 fully saturated rings. The molecule has 0 aliphatic heterocycles. The molecule has 0 aliphatic rings. The molecule has 0 N–H and O–H groups in total. The Bertz CT molecular complexity index is 1160. The van der Waals surface area contributed by atoms with Crippen molar-refractivity contribution in [3.8, 4) is 0 Å². The van der Waals surface area contributed by atoms with Gasteiger partial charge >= 0.3 is 23.9 Å². The minimum absolute atomic E-state index is 0.0664. The van der Waals surface area contributed by atoms with Crippen LogP contribution in [0, 0.1) is 0 Å². The summed E-state index contributed by atoms with van der Waals surface area (Å²) in [6.07, 6.45) is 0. The van der Waals surface area contributed by atoms with Crippen LogP contribution in [0.3, 0.4) is 0 Å². The molecule has 0 amide bonds. The van der Waals surface area contributed by atoms with Gasteiger partial charge in [0, 0.05) is 0 Å². The number of methoxy groups -OCH3 is 4. The molecule has 34 heavy (non-hydrogen) atoms. The zero-order valence-corrected chi connectivity index (χ0v) is 18.7. The summed E-state index contributed by atoms with van der Waals surface area (Å²) in [4.78, 5) is 48.3. The van der Waals surface area contributed by atoms with Crippen molar-refractivity contribution in [2.24, 2.45) is 0 Å². The zero-order chi connectivity index (χ0) is 24.8. The van der Waals surface area contributed by atoms with E-state index in [1.165, 1.54) is 23.6 Å². The van der Waals surface area contributed by atoms with Crippen LogP contribution in [0.5, 0.6) is 0 Å². The molecule has 1 aromatic carbocycles. The van der Waals surface area contributed by atoms with Gasteiger partial charge in [0.25, 0.3) is 0 Å². The molecule has 0 atom stereocenters. The minimum Gasteiger partial charge on any atom is -0.464 e. The Morgan fingerprint density at radius 1 is 0.676 bits per heavy atom. The van der Waals surface area contributed by atoms with Gasteiger partial charge < -0.3 is 18.9 Å². The maximum atomic E-state index is 12.2. The molecule has 2 heterocycles. The molecule has 0 spiro atoms. The topological polar surface area (TPSA) is 167 Å². The Balaban J connectivity index is 1.92. The van der Waals surface area contributed by atoms with E-state index in [9.17, 15) is 19.2 Å². The Labute approximate surface area is 192 Å². The predicted octanol–water partition coefficient (Wildman–Crippen LogP) is 0.113. The summed E-state index contributed by atoms with van der Waals surface area (Å²) < 4.78 is 21.2. The number of carbonyl (C=O) groups is 4. The van der Waals surface area contributed by atoms with Crippen molar-refractivity contribution < 1.29 is 38.1 Å². The van der Waals surface area contributed by atoms with E-state index in [-0.39, 0.29) is 35.9 Å². The van der Waals surface area contributed by atoms with E-state index < -0.39 is 23.9 Å². The van der Waals surface area contributed by atoms with Crippen molar-refractivity contribution in [2.45, 2.75) is 13.1 Å². The number of esters is 4. The van der Waals surface area contributed by atoms with Gasteiger partial charge in [0.2, 0.25) is 11.4 Å². The maximum Gasteiger partial charge on any atom is 0.361 e. The molecule has 0 aliphatic carbocycles. The number of ether oxygens (including phenoxy) is 4. The van der Waals surface area contributed by atoms with E-state index in [2.05, 4.69) is 30.1 Å². The summed E-state index contributed by atoms with van der Waals surface area (Å²) in [5.41, 5.74) is 0.490. The second kappa shape index (κ2) is 10.3. The van der Waals surface area contributed by atoms with Crippen LogP contribution < -0.4 is 0 Å². The van der Waals surface area contributed by atoms with Gasteiger partial charge in [-0.2, -0.15) is 0 Å². The monoisotopic (exact) mass is 472 g/mol. The quantitative estimate of drug-likeness (QED) is 0.321. The molecule has 3 aromatic rings. The van der Waals surface area contributed by atoms with Crippen LogP contribution in [0.4, 0.5) is 0 Å². The standard InChI is InChI=1S/C20H20N6O8/c1-31-17(27)13-15(19(29)33-3)25(23-21-13)9-11-6-5-7-12(8-11)10-26-16(20(30)34-4)14(22-24-26)18(28)32-2/h5-8H,9-10H2,1-4H3. The number of nitrogens with zero attached hydrogens (tertiary/aromatic N) is 6. The lowest BCUT2D eigenvalue weighted by Gasteiger charge is -2.09. The normalized spacial score (nSPS) is 10.5. The van der Waals surface area contributed by atoms with Crippen molar-refractivity contribution in [3.63, 3.8) is 0 Å². The summed E-state index contributed by atoms with van der Waals surface area (Å²) in [6, 6.07) is 7.00. The summed E-state index contributed by atoms with van der Waals surface area (Å²) in [7, 11) is 4.65. The number of carbonyl (C=O) groups excluding carboxylic acids is 4. The number of hydrogen-bond donors (Lipinski definition) is 0. The van der Waals surface area contributed by atoms with Gasteiger partial charge in [-0.25, -0.2) is 28.5 Å². The van der Waals surface area contributed by atoms with E-state index in [1.54, 1.807) is 24.3 Å². The van der Waals surface area contributed by atoms with Crippen LogP contribution in [-0.2, 0) is 32.0 Å². The number of rotatable bonds is 8. The summed E-state index contributed by atoms with van der Waals surface area (Å²) >= 11 is 0. The van der Waals surface area contributed by atoms with Crippen LogP contribution in [0.25, 0.3) is 0 Å². The second-order valence-corrected chi connectivity index (χ2v) is 6.67. The number of benzene rings is 1. The molecule has 14 nitrogen and oxygen atoms in total.